The van der Waals surface area contributed by atoms with E-state index in [-0.39, 0.29) is 18.4 Å². The Morgan fingerprint density at radius 3 is 2.27 bits per heavy atom. The fourth-order valence-electron chi connectivity index (χ4n) is 3.61. The monoisotopic (exact) mass is 402 g/mol. The normalized spacial score (nSPS) is 13.9. The predicted octanol–water partition coefficient (Wildman–Crippen LogP) is 4.09. The van der Waals surface area contributed by atoms with Crippen LogP contribution in [-0.4, -0.2) is 30.4 Å². The van der Waals surface area contributed by atoms with Crippen LogP contribution in [0.5, 0.6) is 5.75 Å². The minimum absolute atomic E-state index is 0.0835. The first-order chi connectivity index (χ1) is 14.6. The molecule has 2 amide bonds. The second-order valence-corrected chi connectivity index (χ2v) is 6.81. The van der Waals surface area contributed by atoms with Crippen LogP contribution in [0.2, 0.25) is 0 Å². The molecule has 0 saturated heterocycles. The summed E-state index contributed by atoms with van der Waals surface area (Å²) >= 11 is 0. The molecular weight excluding hydrogens is 380 g/mol. The molecule has 2 aromatic carbocycles. The molecule has 0 bridgehead atoms. The average Bonchev–Trinajstić information content (AvgIpc) is 3.38. The molecule has 4 rings (SSSR count). The lowest BCUT2D eigenvalue weighted by Crippen LogP contribution is -2.34. The summed E-state index contributed by atoms with van der Waals surface area (Å²) in [5.41, 5.74) is 2.26. The second kappa shape index (κ2) is 8.29. The van der Waals surface area contributed by atoms with E-state index in [0.29, 0.717) is 34.9 Å². The summed E-state index contributed by atoms with van der Waals surface area (Å²) in [5.74, 6) is 0.550. The lowest BCUT2D eigenvalue weighted by Gasteiger charge is -2.24. The SMILES string of the molecule is CCN(C1=C(c2ccc(OC)cc2)C(=O)N(Cc2ccco2)C1=O)c1ccccc1. The summed E-state index contributed by atoms with van der Waals surface area (Å²) in [6, 6.07) is 20.2. The van der Waals surface area contributed by atoms with Crippen LogP contribution >= 0.6 is 0 Å². The number of carbonyl (C=O) groups excluding carboxylic acids is 2. The van der Waals surface area contributed by atoms with E-state index in [0.717, 1.165) is 5.69 Å². The van der Waals surface area contributed by atoms with Gasteiger partial charge in [-0.3, -0.25) is 14.5 Å². The van der Waals surface area contributed by atoms with E-state index in [1.54, 1.807) is 43.5 Å². The average molecular weight is 402 g/mol. The van der Waals surface area contributed by atoms with E-state index in [2.05, 4.69) is 0 Å². The summed E-state index contributed by atoms with van der Waals surface area (Å²) in [7, 11) is 1.59. The highest BCUT2D eigenvalue weighted by atomic mass is 16.5. The van der Waals surface area contributed by atoms with Crippen molar-refractivity contribution in [1.29, 1.82) is 0 Å². The number of carbonyl (C=O) groups is 2. The number of likely N-dealkylation sites (N-methyl/N-ethyl adjacent to an activating group) is 1. The number of furan rings is 1. The maximum absolute atomic E-state index is 13.5. The molecule has 1 aliphatic rings. The first-order valence-corrected chi connectivity index (χ1v) is 9.74. The zero-order valence-electron chi connectivity index (χ0n) is 16.9. The number of benzene rings is 2. The quantitative estimate of drug-likeness (QED) is 0.557. The lowest BCUT2D eigenvalue weighted by molar-refractivity contribution is -0.137. The molecule has 3 aromatic rings. The number of anilines is 1. The van der Waals surface area contributed by atoms with Crippen molar-refractivity contribution in [2.24, 2.45) is 0 Å². The third-order valence-electron chi connectivity index (χ3n) is 5.07. The standard InChI is InChI=1S/C24H22N2O4/c1-3-25(18-8-5-4-6-9-18)22-21(17-11-13-19(29-2)14-12-17)23(27)26(24(22)28)16-20-10-7-15-30-20/h4-15H,3,16H2,1-2H3. The topological polar surface area (TPSA) is 63.0 Å². The number of hydrogen-bond donors (Lipinski definition) is 0. The third-order valence-corrected chi connectivity index (χ3v) is 5.07. The van der Waals surface area contributed by atoms with Gasteiger partial charge in [0.1, 0.15) is 17.2 Å². The van der Waals surface area contributed by atoms with Crippen LogP contribution in [0.15, 0.2) is 83.1 Å². The number of nitrogens with zero attached hydrogens (tertiary/aromatic N) is 2. The summed E-state index contributed by atoms with van der Waals surface area (Å²) in [6.07, 6.45) is 1.53. The molecule has 0 atom stereocenters. The van der Waals surface area contributed by atoms with E-state index in [4.69, 9.17) is 9.15 Å². The summed E-state index contributed by atoms with van der Waals surface area (Å²) < 4.78 is 10.6. The first kappa shape index (κ1) is 19.5. The fourth-order valence-corrected chi connectivity index (χ4v) is 3.61. The Morgan fingerprint density at radius 1 is 0.933 bits per heavy atom. The zero-order chi connectivity index (χ0) is 21.1. The molecule has 152 valence electrons. The molecule has 6 heteroatoms. The van der Waals surface area contributed by atoms with Crippen LogP contribution in [0, 0.1) is 0 Å². The van der Waals surface area contributed by atoms with Gasteiger partial charge in [0.2, 0.25) is 0 Å². The third kappa shape index (κ3) is 3.48. The van der Waals surface area contributed by atoms with Crippen LogP contribution in [-0.2, 0) is 16.1 Å². The lowest BCUT2D eigenvalue weighted by atomic mass is 10.0. The van der Waals surface area contributed by atoms with Gasteiger partial charge >= 0.3 is 0 Å². The van der Waals surface area contributed by atoms with Crippen LogP contribution < -0.4 is 9.64 Å². The van der Waals surface area contributed by atoms with Crippen molar-refractivity contribution in [2.45, 2.75) is 13.5 Å². The molecule has 6 nitrogen and oxygen atoms in total. The number of ether oxygens (including phenoxy) is 1. The van der Waals surface area contributed by atoms with Gasteiger partial charge in [0, 0.05) is 12.2 Å². The largest absolute Gasteiger partial charge is 0.497 e. The van der Waals surface area contributed by atoms with Gasteiger partial charge in [-0.25, -0.2) is 0 Å². The molecule has 0 unspecified atom stereocenters. The fraction of sp³-hybridized carbons (Fsp3) is 0.167. The molecule has 1 aliphatic heterocycles. The van der Waals surface area contributed by atoms with Gasteiger partial charge in [0.05, 0.1) is 25.5 Å². The van der Waals surface area contributed by atoms with Crippen molar-refractivity contribution in [3.63, 3.8) is 0 Å². The van der Waals surface area contributed by atoms with E-state index >= 15 is 0 Å². The molecule has 0 radical (unpaired) electrons. The van der Waals surface area contributed by atoms with Gasteiger partial charge in [-0.2, -0.15) is 0 Å². The molecule has 1 aromatic heterocycles. The smallest absolute Gasteiger partial charge is 0.278 e. The minimum Gasteiger partial charge on any atom is -0.497 e. The Hall–Kier alpha value is -3.80. The van der Waals surface area contributed by atoms with Crippen molar-refractivity contribution >= 4 is 23.1 Å². The summed E-state index contributed by atoms with van der Waals surface area (Å²) in [6.45, 7) is 2.57. The van der Waals surface area contributed by atoms with Crippen LogP contribution in [0.4, 0.5) is 5.69 Å². The number of imide groups is 1. The van der Waals surface area contributed by atoms with Gasteiger partial charge in [0.25, 0.3) is 11.8 Å². The molecule has 0 N–H and O–H groups in total. The van der Waals surface area contributed by atoms with Crippen molar-refractivity contribution in [3.8, 4) is 5.75 Å². The van der Waals surface area contributed by atoms with Gasteiger partial charge in [0.15, 0.2) is 0 Å². The molecule has 30 heavy (non-hydrogen) atoms. The van der Waals surface area contributed by atoms with Crippen molar-refractivity contribution in [1.82, 2.24) is 4.90 Å². The molecule has 0 aliphatic carbocycles. The predicted molar refractivity (Wildman–Crippen MR) is 114 cm³/mol. The van der Waals surface area contributed by atoms with Crippen molar-refractivity contribution in [2.75, 3.05) is 18.6 Å². The highest BCUT2D eigenvalue weighted by Crippen LogP contribution is 2.35. The number of methoxy groups -OCH3 is 1. The highest BCUT2D eigenvalue weighted by Gasteiger charge is 2.42. The maximum atomic E-state index is 13.5. The number of hydrogen-bond acceptors (Lipinski definition) is 5. The first-order valence-electron chi connectivity index (χ1n) is 9.74. The van der Waals surface area contributed by atoms with Crippen LogP contribution in [0.1, 0.15) is 18.2 Å². The Kier molecular flexibility index (Phi) is 5.39. The van der Waals surface area contributed by atoms with Crippen LogP contribution in [0.25, 0.3) is 5.57 Å². The Balaban J connectivity index is 1.82. The highest BCUT2D eigenvalue weighted by molar-refractivity contribution is 6.36. The van der Waals surface area contributed by atoms with Gasteiger partial charge < -0.3 is 14.1 Å². The second-order valence-electron chi connectivity index (χ2n) is 6.81. The minimum atomic E-state index is -0.342. The Morgan fingerprint density at radius 2 is 1.67 bits per heavy atom. The molecule has 0 fully saturated rings. The molecule has 0 saturated carbocycles. The number of amides is 2. The Bertz CT molecular complexity index is 1070. The van der Waals surface area contributed by atoms with Crippen molar-refractivity contribution < 1.29 is 18.7 Å². The van der Waals surface area contributed by atoms with E-state index in [9.17, 15) is 9.59 Å². The molecule has 2 heterocycles. The number of para-hydroxylation sites is 1. The maximum Gasteiger partial charge on any atom is 0.278 e. The van der Waals surface area contributed by atoms with E-state index < -0.39 is 0 Å². The number of rotatable bonds is 7. The summed E-state index contributed by atoms with van der Waals surface area (Å²) in [4.78, 5) is 30.0. The van der Waals surface area contributed by atoms with Gasteiger partial charge in [-0.05, 0) is 48.9 Å². The van der Waals surface area contributed by atoms with E-state index in [1.165, 1.54) is 11.2 Å². The van der Waals surface area contributed by atoms with Gasteiger partial charge in [-0.15, -0.1) is 0 Å². The van der Waals surface area contributed by atoms with E-state index in [1.807, 2.05) is 42.2 Å². The zero-order valence-corrected chi connectivity index (χ0v) is 16.9. The van der Waals surface area contributed by atoms with Gasteiger partial charge in [-0.1, -0.05) is 30.3 Å². The summed E-state index contributed by atoms with van der Waals surface area (Å²) in [5, 5.41) is 0. The molecule has 0 spiro atoms. The Labute approximate surface area is 175 Å². The van der Waals surface area contributed by atoms with Crippen LogP contribution in [0.3, 0.4) is 0 Å². The molecular formula is C24H22N2O4. The van der Waals surface area contributed by atoms with Crippen molar-refractivity contribution in [3.05, 3.63) is 90.0 Å².